The lowest BCUT2D eigenvalue weighted by molar-refractivity contribution is 0.307. The van der Waals surface area contributed by atoms with E-state index in [0.29, 0.717) is 18.4 Å². The molecule has 7 nitrogen and oxygen atoms in total. The van der Waals surface area contributed by atoms with Gasteiger partial charge in [-0.15, -0.1) is 5.10 Å². The molecule has 1 saturated carbocycles. The molecule has 0 radical (unpaired) electrons. The Morgan fingerprint density at radius 1 is 1.15 bits per heavy atom. The summed E-state index contributed by atoms with van der Waals surface area (Å²) in [6.45, 7) is 25.9. The zero-order valence-corrected chi connectivity index (χ0v) is 26.0. The summed E-state index contributed by atoms with van der Waals surface area (Å²) in [5.41, 5.74) is 6.64. The molecule has 0 spiro atoms. The number of nitrogens with one attached hydrogen (secondary N) is 1. The predicted octanol–water partition coefficient (Wildman–Crippen LogP) is 8.02. The van der Waals surface area contributed by atoms with Crippen molar-refractivity contribution in [2.45, 2.75) is 99.7 Å². The molecule has 0 amide bonds. The summed E-state index contributed by atoms with van der Waals surface area (Å²) in [5.74, 6) is 1.45. The van der Waals surface area contributed by atoms with Crippen molar-refractivity contribution in [2.75, 3.05) is 18.4 Å². The maximum Gasteiger partial charge on any atom is 0.241 e. The summed E-state index contributed by atoms with van der Waals surface area (Å²) < 4.78 is 13.3. The average molecular weight is 552 g/mol. The Bertz CT molecular complexity index is 1210. The third kappa shape index (κ3) is 10.4. The van der Waals surface area contributed by atoms with Gasteiger partial charge in [0.05, 0.1) is 35.0 Å². The van der Waals surface area contributed by atoms with Gasteiger partial charge in [0.15, 0.2) is 0 Å². The first kappa shape index (κ1) is 32.9. The lowest BCUT2D eigenvalue weighted by atomic mass is 9.82. The lowest BCUT2D eigenvalue weighted by Gasteiger charge is -2.33. The standard InChI is InChI=1S/C21H28N6.C7H13N.C4H9F/c1-7-19(24-16(6)15(5)23-13(2)3)18-8-9-27-20(18)12-22-21(26-27)25-17-10-14(4)11-17;1-7(2)8-5-3-4-6-8;1-3-4(2)5/h7-9,12,14,17H,1,10-11H2,2-6H3,(H,25,26);1,3-6H2,2H3;4H,3H2,1-2H3/b16-15+,24-19?;;. The van der Waals surface area contributed by atoms with Gasteiger partial charge >= 0.3 is 0 Å². The molecule has 1 atom stereocenters. The SMILES string of the molecule is C=C(C)N1CCCC1.C=CC(=N/C(C)=C(\C)N=C(C)C)c1ccn2nc(NC3CC(C)C3)ncc12.CCC(C)F. The fourth-order valence-electron chi connectivity index (χ4n) is 4.38. The molecule has 0 bridgehead atoms. The van der Waals surface area contributed by atoms with Gasteiger partial charge in [-0.1, -0.05) is 27.0 Å². The molecule has 1 saturated heterocycles. The molecule has 4 rings (SSSR count). The van der Waals surface area contributed by atoms with E-state index in [1.54, 1.807) is 13.0 Å². The molecule has 40 heavy (non-hydrogen) atoms. The highest BCUT2D eigenvalue weighted by Gasteiger charge is 2.25. The van der Waals surface area contributed by atoms with Crippen molar-refractivity contribution in [3.05, 3.63) is 60.3 Å². The molecule has 1 aliphatic heterocycles. The molecule has 1 N–H and O–H groups in total. The molecule has 3 heterocycles. The van der Waals surface area contributed by atoms with Crippen molar-refractivity contribution >= 4 is 22.9 Å². The minimum Gasteiger partial charge on any atom is -0.376 e. The van der Waals surface area contributed by atoms with Gasteiger partial charge in [-0.25, -0.2) is 13.9 Å². The Morgan fingerprint density at radius 2 is 1.75 bits per heavy atom. The number of aromatic nitrogens is 3. The van der Waals surface area contributed by atoms with E-state index in [2.05, 4.69) is 52.3 Å². The van der Waals surface area contributed by atoms with Crippen LogP contribution < -0.4 is 5.32 Å². The molecular formula is C32H50FN7. The van der Waals surface area contributed by atoms with Gasteiger partial charge in [-0.2, -0.15) is 0 Å². The van der Waals surface area contributed by atoms with E-state index in [1.165, 1.54) is 44.5 Å². The van der Waals surface area contributed by atoms with Crippen LogP contribution in [0, 0.1) is 5.92 Å². The van der Waals surface area contributed by atoms with E-state index in [0.717, 1.165) is 39.8 Å². The quantitative estimate of drug-likeness (QED) is 0.337. The number of nitrogens with zero attached hydrogens (tertiary/aromatic N) is 6. The van der Waals surface area contributed by atoms with Crippen molar-refractivity contribution < 1.29 is 4.39 Å². The summed E-state index contributed by atoms with van der Waals surface area (Å²) in [6, 6.07) is 2.48. The largest absolute Gasteiger partial charge is 0.376 e. The van der Waals surface area contributed by atoms with Gasteiger partial charge in [-0.05, 0) is 91.7 Å². The number of alkyl halides is 1. The van der Waals surface area contributed by atoms with Crippen LogP contribution in [0.15, 0.2) is 64.8 Å². The van der Waals surface area contributed by atoms with Crippen LogP contribution in [0.1, 0.15) is 93.1 Å². The first-order valence-electron chi connectivity index (χ1n) is 14.5. The Kier molecular flexibility index (Phi) is 13.2. The van der Waals surface area contributed by atoms with E-state index >= 15 is 0 Å². The van der Waals surface area contributed by atoms with Crippen LogP contribution in [0.25, 0.3) is 5.52 Å². The van der Waals surface area contributed by atoms with E-state index in [-0.39, 0.29) is 0 Å². The Hall–Kier alpha value is -3.29. The van der Waals surface area contributed by atoms with Crippen LogP contribution in [0.2, 0.25) is 0 Å². The number of hydrogen-bond acceptors (Lipinski definition) is 6. The maximum absolute atomic E-state index is 11.4. The van der Waals surface area contributed by atoms with Crippen LogP contribution >= 0.6 is 0 Å². The minimum atomic E-state index is -0.616. The third-order valence-electron chi connectivity index (χ3n) is 7.00. The molecule has 2 aromatic heterocycles. The topological polar surface area (TPSA) is 70.2 Å². The second kappa shape index (κ2) is 16.1. The molecule has 2 fully saturated rings. The predicted molar refractivity (Wildman–Crippen MR) is 169 cm³/mol. The van der Waals surface area contributed by atoms with Gasteiger partial charge in [0.25, 0.3) is 0 Å². The Labute approximate surface area is 241 Å². The molecule has 0 aromatic carbocycles. The van der Waals surface area contributed by atoms with Gasteiger partial charge in [0, 0.05) is 42.3 Å². The summed E-state index contributed by atoms with van der Waals surface area (Å²) in [7, 11) is 0. The van der Waals surface area contributed by atoms with Gasteiger partial charge < -0.3 is 10.2 Å². The van der Waals surface area contributed by atoms with E-state index in [4.69, 9.17) is 4.99 Å². The van der Waals surface area contributed by atoms with E-state index in [9.17, 15) is 4.39 Å². The number of allylic oxidation sites excluding steroid dienone is 4. The third-order valence-corrected chi connectivity index (χ3v) is 7.00. The number of rotatable bonds is 8. The van der Waals surface area contributed by atoms with Gasteiger partial charge in [0.1, 0.15) is 0 Å². The molecule has 2 aliphatic rings. The molecule has 8 heteroatoms. The van der Waals surface area contributed by atoms with Crippen LogP contribution in [0.5, 0.6) is 0 Å². The van der Waals surface area contributed by atoms with Crippen molar-refractivity contribution in [1.29, 1.82) is 0 Å². The maximum atomic E-state index is 11.4. The highest BCUT2D eigenvalue weighted by Crippen LogP contribution is 2.28. The summed E-state index contributed by atoms with van der Waals surface area (Å²) in [4.78, 5) is 16.0. The van der Waals surface area contributed by atoms with Gasteiger partial charge in [-0.3, -0.25) is 9.98 Å². The number of halogens is 1. The smallest absolute Gasteiger partial charge is 0.241 e. The fourth-order valence-corrected chi connectivity index (χ4v) is 4.38. The molecule has 2 aromatic rings. The first-order chi connectivity index (χ1) is 18.9. The molecule has 1 aliphatic carbocycles. The zero-order valence-electron chi connectivity index (χ0n) is 26.0. The minimum absolute atomic E-state index is 0.483. The monoisotopic (exact) mass is 551 g/mol. The van der Waals surface area contributed by atoms with Crippen LogP contribution in [0.4, 0.5) is 10.3 Å². The van der Waals surface area contributed by atoms with Crippen molar-refractivity contribution in [2.24, 2.45) is 15.9 Å². The summed E-state index contributed by atoms with van der Waals surface area (Å²) in [6.07, 6.45) is 10.6. The lowest BCUT2D eigenvalue weighted by Crippen LogP contribution is -2.34. The second-order valence-corrected chi connectivity index (χ2v) is 11.1. The first-order valence-corrected chi connectivity index (χ1v) is 14.5. The number of fused-ring (bicyclic) bond motifs is 1. The summed E-state index contributed by atoms with van der Waals surface area (Å²) >= 11 is 0. The Morgan fingerprint density at radius 3 is 2.23 bits per heavy atom. The van der Waals surface area contributed by atoms with Crippen LogP contribution in [-0.2, 0) is 0 Å². The molecular weight excluding hydrogens is 501 g/mol. The van der Waals surface area contributed by atoms with Crippen LogP contribution in [0.3, 0.4) is 0 Å². The second-order valence-electron chi connectivity index (χ2n) is 11.1. The highest BCUT2D eigenvalue weighted by molar-refractivity contribution is 6.13. The number of likely N-dealkylation sites (tertiary alicyclic amines) is 1. The zero-order chi connectivity index (χ0) is 29.8. The average Bonchev–Trinajstić information content (AvgIpc) is 3.57. The number of aliphatic imine (C=N–C) groups is 2. The van der Waals surface area contributed by atoms with Crippen molar-refractivity contribution in [3.63, 3.8) is 0 Å². The van der Waals surface area contributed by atoms with Crippen molar-refractivity contribution in [1.82, 2.24) is 19.5 Å². The van der Waals surface area contributed by atoms with E-state index in [1.807, 2.05) is 57.6 Å². The van der Waals surface area contributed by atoms with Crippen molar-refractivity contribution in [3.8, 4) is 0 Å². The molecule has 220 valence electrons. The highest BCUT2D eigenvalue weighted by atomic mass is 19.1. The Balaban J connectivity index is 0.000000355. The number of anilines is 1. The van der Waals surface area contributed by atoms with E-state index < -0.39 is 6.17 Å². The fraction of sp³-hybridized carbons (Fsp3) is 0.562. The number of hydrogen-bond donors (Lipinski definition) is 1. The van der Waals surface area contributed by atoms with Gasteiger partial charge in [0.2, 0.25) is 5.95 Å². The molecule has 1 unspecified atom stereocenters. The normalized spacial score (nSPS) is 19.7. The summed E-state index contributed by atoms with van der Waals surface area (Å²) in [5, 5.41) is 7.99. The van der Waals surface area contributed by atoms with Crippen LogP contribution in [-0.4, -0.2) is 56.2 Å².